The molecule has 2 N–H and O–H groups in total. The highest BCUT2D eigenvalue weighted by molar-refractivity contribution is 5.79. The van der Waals surface area contributed by atoms with Crippen LogP contribution in [-0.4, -0.2) is 55.9 Å². The SMILES string of the molecule is COC(=O)C(C)(N)CC(C)N1CCC(OC)CC1. The Bertz CT molecular complexity index is 273. The Hall–Kier alpha value is -0.650. The van der Waals surface area contributed by atoms with Gasteiger partial charge in [0.2, 0.25) is 0 Å². The van der Waals surface area contributed by atoms with E-state index in [-0.39, 0.29) is 12.0 Å². The van der Waals surface area contributed by atoms with Crippen molar-refractivity contribution in [2.75, 3.05) is 27.3 Å². The fourth-order valence-electron chi connectivity index (χ4n) is 2.61. The van der Waals surface area contributed by atoms with Crippen molar-refractivity contribution in [3.05, 3.63) is 0 Å². The number of nitrogens with zero attached hydrogens (tertiary/aromatic N) is 1. The van der Waals surface area contributed by atoms with E-state index in [1.807, 2.05) is 0 Å². The summed E-state index contributed by atoms with van der Waals surface area (Å²) in [5, 5.41) is 0. The first-order chi connectivity index (χ1) is 8.40. The van der Waals surface area contributed by atoms with E-state index in [9.17, 15) is 4.79 Å². The van der Waals surface area contributed by atoms with E-state index in [0.29, 0.717) is 12.5 Å². The standard InChI is InChI=1S/C13H26N2O3/c1-10(9-13(2,14)12(16)18-4)15-7-5-11(17-3)6-8-15/h10-11H,5-9,14H2,1-4H3. The summed E-state index contributed by atoms with van der Waals surface area (Å²) < 4.78 is 10.1. The number of piperidine rings is 1. The number of carbonyl (C=O) groups is 1. The van der Waals surface area contributed by atoms with Gasteiger partial charge in [-0.05, 0) is 33.1 Å². The molecular weight excluding hydrogens is 232 g/mol. The summed E-state index contributed by atoms with van der Waals surface area (Å²) in [5.41, 5.74) is 5.10. The van der Waals surface area contributed by atoms with E-state index < -0.39 is 5.54 Å². The Labute approximate surface area is 110 Å². The molecule has 1 saturated heterocycles. The molecule has 1 aliphatic heterocycles. The smallest absolute Gasteiger partial charge is 0.325 e. The summed E-state index contributed by atoms with van der Waals surface area (Å²) in [6.45, 7) is 5.84. The van der Waals surface area contributed by atoms with Crippen LogP contribution in [0.25, 0.3) is 0 Å². The van der Waals surface area contributed by atoms with Crippen LogP contribution in [0.4, 0.5) is 0 Å². The molecule has 5 heteroatoms. The number of ether oxygens (including phenoxy) is 2. The number of rotatable bonds is 5. The third-order valence-electron chi connectivity index (χ3n) is 3.80. The molecule has 0 aromatic heterocycles. The van der Waals surface area contributed by atoms with Crippen molar-refractivity contribution in [3.63, 3.8) is 0 Å². The van der Waals surface area contributed by atoms with Gasteiger partial charge in [-0.15, -0.1) is 0 Å². The van der Waals surface area contributed by atoms with Gasteiger partial charge in [0.05, 0.1) is 13.2 Å². The van der Waals surface area contributed by atoms with Crippen molar-refractivity contribution in [2.45, 2.75) is 50.8 Å². The van der Waals surface area contributed by atoms with Crippen molar-refractivity contribution in [1.82, 2.24) is 4.90 Å². The highest BCUT2D eigenvalue weighted by Crippen LogP contribution is 2.20. The lowest BCUT2D eigenvalue weighted by atomic mass is 9.93. The lowest BCUT2D eigenvalue weighted by Crippen LogP contribution is -2.52. The largest absolute Gasteiger partial charge is 0.468 e. The zero-order valence-corrected chi connectivity index (χ0v) is 11.9. The Morgan fingerprint density at radius 3 is 2.44 bits per heavy atom. The van der Waals surface area contributed by atoms with E-state index >= 15 is 0 Å². The van der Waals surface area contributed by atoms with Gasteiger partial charge >= 0.3 is 5.97 Å². The molecule has 1 heterocycles. The highest BCUT2D eigenvalue weighted by Gasteiger charge is 2.34. The van der Waals surface area contributed by atoms with Crippen LogP contribution in [-0.2, 0) is 14.3 Å². The first kappa shape index (κ1) is 15.4. The minimum Gasteiger partial charge on any atom is -0.468 e. The van der Waals surface area contributed by atoms with E-state index in [4.69, 9.17) is 15.2 Å². The monoisotopic (exact) mass is 258 g/mol. The van der Waals surface area contributed by atoms with Crippen LogP contribution in [0.1, 0.15) is 33.1 Å². The molecule has 0 radical (unpaired) electrons. The minimum atomic E-state index is -0.910. The molecule has 0 aromatic carbocycles. The molecule has 0 amide bonds. The molecule has 0 bridgehead atoms. The maximum absolute atomic E-state index is 11.6. The Morgan fingerprint density at radius 1 is 1.44 bits per heavy atom. The average molecular weight is 258 g/mol. The van der Waals surface area contributed by atoms with Gasteiger partial charge in [0.1, 0.15) is 5.54 Å². The normalized spacial score (nSPS) is 23.4. The summed E-state index contributed by atoms with van der Waals surface area (Å²) >= 11 is 0. The van der Waals surface area contributed by atoms with Gasteiger partial charge in [-0.3, -0.25) is 4.79 Å². The van der Waals surface area contributed by atoms with Crippen LogP contribution >= 0.6 is 0 Å². The number of hydrogen-bond donors (Lipinski definition) is 1. The quantitative estimate of drug-likeness (QED) is 0.738. The topological polar surface area (TPSA) is 64.8 Å². The first-order valence-corrected chi connectivity index (χ1v) is 6.55. The maximum atomic E-state index is 11.6. The van der Waals surface area contributed by atoms with Crippen molar-refractivity contribution < 1.29 is 14.3 Å². The predicted molar refractivity (Wildman–Crippen MR) is 70.3 cm³/mol. The van der Waals surface area contributed by atoms with Crippen LogP contribution < -0.4 is 5.73 Å². The lowest BCUT2D eigenvalue weighted by molar-refractivity contribution is -0.147. The van der Waals surface area contributed by atoms with Crippen molar-refractivity contribution >= 4 is 5.97 Å². The molecule has 2 unspecified atom stereocenters. The summed E-state index contributed by atoms with van der Waals surface area (Å²) in [4.78, 5) is 13.9. The molecule has 1 aliphatic rings. The molecule has 5 nitrogen and oxygen atoms in total. The Kier molecular flexibility index (Phi) is 5.56. The van der Waals surface area contributed by atoms with Gasteiger partial charge in [-0.25, -0.2) is 0 Å². The van der Waals surface area contributed by atoms with Crippen molar-refractivity contribution in [3.8, 4) is 0 Å². The summed E-state index contributed by atoms with van der Waals surface area (Å²) in [6.07, 6.45) is 3.07. The summed E-state index contributed by atoms with van der Waals surface area (Å²) in [7, 11) is 3.14. The first-order valence-electron chi connectivity index (χ1n) is 6.55. The van der Waals surface area contributed by atoms with Gasteiger partial charge in [0.15, 0.2) is 0 Å². The number of carbonyl (C=O) groups excluding carboxylic acids is 1. The highest BCUT2D eigenvalue weighted by atomic mass is 16.5. The Morgan fingerprint density at radius 2 is 2.00 bits per heavy atom. The average Bonchev–Trinajstić information content (AvgIpc) is 2.37. The fraction of sp³-hybridized carbons (Fsp3) is 0.923. The van der Waals surface area contributed by atoms with Crippen molar-refractivity contribution in [1.29, 1.82) is 0 Å². The molecule has 0 aliphatic carbocycles. The molecule has 0 spiro atoms. The zero-order chi connectivity index (χ0) is 13.8. The second-order valence-corrected chi connectivity index (χ2v) is 5.43. The number of methoxy groups -OCH3 is 2. The maximum Gasteiger partial charge on any atom is 0.325 e. The molecule has 0 saturated carbocycles. The van der Waals surface area contributed by atoms with Gasteiger partial charge in [0, 0.05) is 26.2 Å². The predicted octanol–water partition coefficient (Wildman–Crippen LogP) is 0.766. The zero-order valence-electron chi connectivity index (χ0n) is 11.9. The molecule has 2 atom stereocenters. The van der Waals surface area contributed by atoms with Crippen LogP contribution in [0.5, 0.6) is 0 Å². The molecule has 106 valence electrons. The van der Waals surface area contributed by atoms with Gasteiger partial charge in [-0.2, -0.15) is 0 Å². The van der Waals surface area contributed by atoms with E-state index in [2.05, 4.69) is 11.8 Å². The Balaban J connectivity index is 2.46. The third-order valence-corrected chi connectivity index (χ3v) is 3.80. The number of likely N-dealkylation sites (tertiary alicyclic amines) is 1. The molecular formula is C13H26N2O3. The third kappa shape index (κ3) is 3.93. The van der Waals surface area contributed by atoms with Gasteiger partial charge in [-0.1, -0.05) is 0 Å². The van der Waals surface area contributed by atoms with Crippen LogP contribution in [0.2, 0.25) is 0 Å². The number of hydrogen-bond acceptors (Lipinski definition) is 5. The van der Waals surface area contributed by atoms with Crippen LogP contribution in [0.3, 0.4) is 0 Å². The molecule has 0 aromatic rings. The number of nitrogens with two attached hydrogens (primary N) is 1. The second kappa shape index (κ2) is 6.50. The summed E-state index contributed by atoms with van der Waals surface area (Å²) in [5.74, 6) is -0.346. The minimum absolute atomic E-state index is 0.275. The fourth-order valence-corrected chi connectivity index (χ4v) is 2.61. The van der Waals surface area contributed by atoms with Gasteiger partial charge < -0.3 is 20.1 Å². The number of esters is 1. The molecule has 18 heavy (non-hydrogen) atoms. The van der Waals surface area contributed by atoms with Crippen LogP contribution in [0.15, 0.2) is 0 Å². The van der Waals surface area contributed by atoms with E-state index in [1.54, 1.807) is 14.0 Å². The summed E-state index contributed by atoms with van der Waals surface area (Å²) in [6, 6.07) is 0.275. The van der Waals surface area contributed by atoms with Crippen molar-refractivity contribution in [2.24, 2.45) is 5.73 Å². The van der Waals surface area contributed by atoms with E-state index in [1.165, 1.54) is 7.11 Å². The van der Waals surface area contributed by atoms with E-state index in [0.717, 1.165) is 25.9 Å². The molecule has 1 rings (SSSR count). The van der Waals surface area contributed by atoms with Gasteiger partial charge in [0.25, 0.3) is 0 Å². The van der Waals surface area contributed by atoms with Crippen LogP contribution in [0, 0.1) is 0 Å². The lowest BCUT2D eigenvalue weighted by Gasteiger charge is -2.37. The molecule has 1 fully saturated rings. The second-order valence-electron chi connectivity index (χ2n) is 5.43.